The summed E-state index contributed by atoms with van der Waals surface area (Å²) in [5, 5.41) is 24.3. The van der Waals surface area contributed by atoms with Crippen LogP contribution in [-0.4, -0.2) is 65.4 Å². The molecule has 1 unspecified atom stereocenters. The summed E-state index contributed by atoms with van der Waals surface area (Å²) in [6, 6.07) is 3.29. The lowest BCUT2D eigenvalue weighted by Gasteiger charge is -2.22. The van der Waals surface area contributed by atoms with Crippen molar-refractivity contribution in [3.05, 3.63) is 53.7 Å². The normalized spacial score (nSPS) is 12.6. The Morgan fingerprint density at radius 3 is 2.75 bits per heavy atom. The number of halogens is 3. The molecule has 0 aliphatic carbocycles. The zero-order valence-electron chi connectivity index (χ0n) is 19.6. The smallest absolute Gasteiger partial charge is 0.255 e. The highest BCUT2D eigenvalue weighted by Crippen LogP contribution is 2.27. The summed E-state index contributed by atoms with van der Waals surface area (Å²) in [4.78, 5) is 21.6. The maximum atomic E-state index is 14.2. The Morgan fingerprint density at radius 1 is 1.19 bits per heavy atom. The number of amides is 1. The molecule has 3 N–H and O–H groups in total. The van der Waals surface area contributed by atoms with Crippen LogP contribution in [0.3, 0.4) is 0 Å². The van der Waals surface area contributed by atoms with Crippen LogP contribution in [0.2, 0.25) is 5.02 Å². The number of aliphatic hydroxyl groups is 1. The van der Waals surface area contributed by atoms with Crippen LogP contribution in [0.1, 0.15) is 30.6 Å². The van der Waals surface area contributed by atoms with E-state index in [9.17, 15) is 18.7 Å². The zero-order valence-corrected chi connectivity index (χ0v) is 20.4. The zero-order chi connectivity index (χ0) is 25.9. The lowest BCUT2D eigenvalue weighted by atomic mass is 10.0. The summed E-state index contributed by atoms with van der Waals surface area (Å²) < 4.78 is 29.9. The van der Waals surface area contributed by atoms with Gasteiger partial charge in [0.25, 0.3) is 5.91 Å². The highest BCUT2D eigenvalue weighted by Gasteiger charge is 2.27. The Kier molecular flexibility index (Phi) is 7.45. The van der Waals surface area contributed by atoms with Gasteiger partial charge < -0.3 is 15.7 Å². The molecule has 0 radical (unpaired) electrons. The highest BCUT2D eigenvalue weighted by molar-refractivity contribution is 6.30. The molecule has 0 aliphatic rings. The molecule has 1 atom stereocenters. The Bertz CT molecular complexity index is 1370. The van der Waals surface area contributed by atoms with Crippen molar-refractivity contribution >= 4 is 34.5 Å². The number of pyridine rings is 1. The third kappa shape index (κ3) is 5.77. The summed E-state index contributed by atoms with van der Waals surface area (Å²) in [5.41, 5.74) is 0.993. The van der Waals surface area contributed by atoms with E-state index < -0.39 is 24.4 Å². The van der Waals surface area contributed by atoms with E-state index in [-0.39, 0.29) is 12.1 Å². The molecule has 0 saturated heterocycles. The first-order valence-corrected chi connectivity index (χ1v) is 11.5. The number of carbonyl (C=O) groups excluding carboxylic acids is 1. The number of hydrogen-bond donors (Lipinski definition) is 3. The topological polar surface area (TPSA) is 122 Å². The Morgan fingerprint density at radius 2 is 2.00 bits per heavy atom. The van der Waals surface area contributed by atoms with Crippen LogP contribution in [0.5, 0.6) is 0 Å². The predicted octanol–water partition coefficient (Wildman–Crippen LogP) is 3.58. The van der Waals surface area contributed by atoms with Gasteiger partial charge in [-0.05, 0) is 26.3 Å². The van der Waals surface area contributed by atoms with Crippen molar-refractivity contribution in [2.75, 3.05) is 18.5 Å². The van der Waals surface area contributed by atoms with E-state index in [1.165, 1.54) is 26.2 Å². The van der Waals surface area contributed by atoms with Crippen LogP contribution in [0, 0.1) is 0 Å². The van der Waals surface area contributed by atoms with Crippen molar-refractivity contribution in [3.8, 4) is 11.4 Å². The summed E-state index contributed by atoms with van der Waals surface area (Å²) in [7, 11) is 0. The average Bonchev–Trinajstić information content (AvgIpc) is 3.46. The van der Waals surface area contributed by atoms with Gasteiger partial charge in [-0.1, -0.05) is 11.6 Å². The van der Waals surface area contributed by atoms with Gasteiger partial charge in [0, 0.05) is 25.0 Å². The first-order chi connectivity index (χ1) is 17.2. The lowest BCUT2D eigenvalue weighted by molar-refractivity contribution is -0.00177. The number of carbonyl (C=O) groups is 1. The molecule has 0 saturated carbocycles. The van der Waals surface area contributed by atoms with E-state index in [1.54, 1.807) is 39.9 Å². The third-order valence-corrected chi connectivity index (χ3v) is 5.59. The average molecular weight is 519 g/mol. The van der Waals surface area contributed by atoms with Crippen molar-refractivity contribution < 1.29 is 18.7 Å². The van der Waals surface area contributed by atoms with E-state index in [4.69, 9.17) is 11.6 Å². The fourth-order valence-corrected chi connectivity index (χ4v) is 3.50. The second kappa shape index (κ2) is 10.5. The molecule has 10 nitrogen and oxygen atoms in total. The Hall–Kier alpha value is -3.64. The van der Waals surface area contributed by atoms with Crippen LogP contribution in [0.25, 0.3) is 17.0 Å². The number of aryl methyl sites for hydroxylation is 1. The third-order valence-electron chi connectivity index (χ3n) is 5.38. The number of alkyl halides is 2. The SMILES string of the molecule is CC(C)(O)C(F)CNC(=O)c1cnc(-c2cnc3cc(Cl)cnn23)cc1Nc1cnn(CCCF)c1. The minimum atomic E-state index is -1.67. The largest absolute Gasteiger partial charge is 0.387 e. The van der Waals surface area contributed by atoms with Crippen molar-refractivity contribution in [3.63, 3.8) is 0 Å². The lowest BCUT2D eigenvalue weighted by Crippen LogP contribution is -2.42. The van der Waals surface area contributed by atoms with Gasteiger partial charge >= 0.3 is 0 Å². The number of anilines is 2. The van der Waals surface area contributed by atoms with Crippen molar-refractivity contribution in [2.45, 2.75) is 38.6 Å². The number of nitrogens with one attached hydrogen (secondary N) is 2. The van der Waals surface area contributed by atoms with E-state index >= 15 is 0 Å². The van der Waals surface area contributed by atoms with Crippen molar-refractivity contribution in [1.29, 1.82) is 0 Å². The molecule has 0 aromatic carbocycles. The van der Waals surface area contributed by atoms with Gasteiger partial charge in [-0.3, -0.25) is 18.9 Å². The van der Waals surface area contributed by atoms with Gasteiger partial charge in [0.05, 0.1) is 65.1 Å². The number of rotatable bonds is 10. The molecule has 0 fully saturated rings. The van der Waals surface area contributed by atoms with Crippen molar-refractivity contribution in [1.82, 2.24) is 34.7 Å². The summed E-state index contributed by atoms with van der Waals surface area (Å²) in [6.07, 6.45) is 6.29. The molecule has 13 heteroatoms. The maximum absolute atomic E-state index is 14.2. The molecule has 1 amide bonds. The van der Waals surface area contributed by atoms with Gasteiger partial charge in [0.1, 0.15) is 11.9 Å². The number of hydrogen-bond acceptors (Lipinski definition) is 7. The summed E-state index contributed by atoms with van der Waals surface area (Å²) in [5.74, 6) is -0.587. The molecule has 4 aromatic heterocycles. The quantitative estimate of drug-likeness (QED) is 0.293. The molecule has 36 heavy (non-hydrogen) atoms. The standard InChI is InChI=1S/C23H25ClF2N8O2/c1-23(2,36)20(26)12-29-22(35)16-10-27-18(19-11-28-21-6-14(24)8-31-34(19)21)7-17(16)32-15-9-30-33(13-15)5-3-4-25/h6-11,13,20,36H,3-5,12H2,1-2H3,(H,27,32)(H,29,35). The summed E-state index contributed by atoms with van der Waals surface area (Å²) in [6.45, 7) is 2.20. The monoisotopic (exact) mass is 518 g/mol. The second-order valence-electron chi connectivity index (χ2n) is 8.69. The summed E-state index contributed by atoms with van der Waals surface area (Å²) >= 11 is 6.00. The Labute approximate surface area is 210 Å². The molecule has 0 aliphatic heterocycles. The van der Waals surface area contributed by atoms with Crippen molar-refractivity contribution in [2.24, 2.45) is 0 Å². The molecule has 4 rings (SSSR count). The van der Waals surface area contributed by atoms with Crippen LogP contribution in [-0.2, 0) is 6.54 Å². The molecule has 0 bridgehead atoms. The van der Waals surface area contributed by atoms with E-state index in [2.05, 4.69) is 30.8 Å². The predicted molar refractivity (Wildman–Crippen MR) is 131 cm³/mol. The van der Waals surface area contributed by atoms with Crippen LogP contribution >= 0.6 is 11.6 Å². The van der Waals surface area contributed by atoms with Gasteiger partial charge in [0.2, 0.25) is 0 Å². The molecular weight excluding hydrogens is 494 g/mol. The first-order valence-electron chi connectivity index (χ1n) is 11.2. The van der Waals surface area contributed by atoms with Gasteiger partial charge in [-0.15, -0.1) is 0 Å². The second-order valence-corrected chi connectivity index (χ2v) is 9.13. The molecular formula is C23H25ClF2N8O2. The van der Waals surface area contributed by atoms with Crippen LogP contribution < -0.4 is 10.6 Å². The van der Waals surface area contributed by atoms with Gasteiger partial charge in [0.15, 0.2) is 5.65 Å². The van der Waals surface area contributed by atoms with Crippen LogP contribution in [0.15, 0.2) is 43.1 Å². The number of imidazole rings is 1. The molecule has 4 heterocycles. The van der Waals surface area contributed by atoms with Crippen LogP contribution in [0.4, 0.5) is 20.2 Å². The molecule has 190 valence electrons. The van der Waals surface area contributed by atoms with Gasteiger partial charge in [-0.2, -0.15) is 10.2 Å². The minimum Gasteiger partial charge on any atom is -0.387 e. The maximum Gasteiger partial charge on any atom is 0.255 e. The highest BCUT2D eigenvalue weighted by atomic mass is 35.5. The van der Waals surface area contributed by atoms with E-state index in [0.29, 0.717) is 46.4 Å². The van der Waals surface area contributed by atoms with E-state index in [0.717, 1.165) is 0 Å². The number of aromatic nitrogens is 6. The molecule has 0 spiro atoms. The fourth-order valence-electron chi connectivity index (χ4n) is 3.36. The number of nitrogens with zero attached hydrogens (tertiary/aromatic N) is 6. The molecule has 4 aromatic rings. The first kappa shape index (κ1) is 25.5. The Balaban J connectivity index is 1.67. The van der Waals surface area contributed by atoms with E-state index in [1.807, 2.05) is 0 Å². The number of fused-ring (bicyclic) bond motifs is 1. The fraction of sp³-hybridized carbons (Fsp3) is 0.348. The van der Waals surface area contributed by atoms with Gasteiger partial charge in [-0.25, -0.2) is 13.9 Å². The minimum absolute atomic E-state index is 0.142.